The minimum Gasteiger partial charge on any atom is -0.593 e. The van der Waals surface area contributed by atoms with Crippen LogP contribution in [0.4, 0.5) is 18.9 Å². The summed E-state index contributed by atoms with van der Waals surface area (Å²) in [6.45, 7) is -0.816. The molecule has 3 aromatic carbocycles. The first-order chi connectivity index (χ1) is 17.0. The van der Waals surface area contributed by atoms with E-state index >= 15 is 0 Å². The fourth-order valence-electron chi connectivity index (χ4n) is 3.93. The van der Waals surface area contributed by atoms with Crippen molar-refractivity contribution in [2.75, 3.05) is 18.4 Å². The highest BCUT2D eigenvalue weighted by molar-refractivity contribution is 7.89. The van der Waals surface area contributed by atoms with Gasteiger partial charge in [0.15, 0.2) is 4.90 Å². The fourth-order valence-corrected chi connectivity index (χ4v) is 4.62. The van der Waals surface area contributed by atoms with Gasteiger partial charge < -0.3 is 14.8 Å². The quantitative estimate of drug-likeness (QED) is 0.443. The predicted octanol–water partition coefficient (Wildman–Crippen LogP) is 4.79. The molecule has 0 aromatic heterocycles. The molecule has 0 bridgehead atoms. The lowest BCUT2D eigenvalue weighted by Crippen LogP contribution is -2.31. The van der Waals surface area contributed by atoms with Crippen LogP contribution in [0.5, 0.6) is 0 Å². The Morgan fingerprint density at radius 2 is 1.89 bits per heavy atom. The SMILES string of the molecule is N[S+]([O-])c1cc(NC(=O)Cc2ccccc2Cl)cc(-c2cc(C(=O)N3CCC(F)(F)C3)ccc2F)c1. The maximum absolute atomic E-state index is 14.8. The fraction of sp³-hybridized carbons (Fsp3) is 0.200. The second kappa shape index (κ2) is 10.5. The second-order valence-electron chi connectivity index (χ2n) is 8.39. The molecule has 2 amide bonds. The molecule has 0 saturated carbocycles. The molecule has 1 aliphatic heterocycles. The Morgan fingerprint density at radius 3 is 2.56 bits per heavy atom. The summed E-state index contributed by atoms with van der Waals surface area (Å²) in [5.74, 6) is -4.74. The molecule has 0 aliphatic carbocycles. The van der Waals surface area contributed by atoms with Crippen molar-refractivity contribution in [3.8, 4) is 11.1 Å². The van der Waals surface area contributed by atoms with E-state index in [1.807, 2.05) is 0 Å². The van der Waals surface area contributed by atoms with Gasteiger partial charge in [0.2, 0.25) is 5.91 Å². The van der Waals surface area contributed by atoms with E-state index in [1.165, 1.54) is 30.3 Å². The second-order valence-corrected chi connectivity index (χ2v) is 9.86. The summed E-state index contributed by atoms with van der Waals surface area (Å²) in [6, 6.07) is 14.5. The lowest BCUT2D eigenvalue weighted by Gasteiger charge is -2.17. The summed E-state index contributed by atoms with van der Waals surface area (Å²) in [7, 11) is 0. The van der Waals surface area contributed by atoms with Crippen LogP contribution in [-0.4, -0.2) is 40.3 Å². The molecule has 3 aromatic rings. The Labute approximate surface area is 213 Å². The van der Waals surface area contributed by atoms with Gasteiger partial charge in [-0.3, -0.25) is 9.59 Å². The highest BCUT2D eigenvalue weighted by atomic mass is 35.5. The van der Waals surface area contributed by atoms with E-state index in [1.54, 1.807) is 24.3 Å². The zero-order valence-electron chi connectivity index (χ0n) is 18.8. The Bertz CT molecular complexity index is 1320. The van der Waals surface area contributed by atoms with Gasteiger partial charge in [-0.2, -0.15) is 0 Å². The molecule has 1 aliphatic rings. The Kier molecular flexibility index (Phi) is 7.60. The smallest absolute Gasteiger partial charge is 0.267 e. The number of rotatable bonds is 6. The van der Waals surface area contributed by atoms with Crippen LogP contribution in [-0.2, 0) is 22.6 Å². The van der Waals surface area contributed by atoms with Gasteiger partial charge in [0.25, 0.3) is 11.8 Å². The number of carbonyl (C=O) groups is 2. The first-order valence-electron chi connectivity index (χ1n) is 10.8. The number of amides is 2. The zero-order chi connectivity index (χ0) is 26.0. The highest BCUT2D eigenvalue weighted by Crippen LogP contribution is 2.32. The van der Waals surface area contributed by atoms with E-state index in [9.17, 15) is 27.3 Å². The van der Waals surface area contributed by atoms with E-state index in [4.69, 9.17) is 16.7 Å². The van der Waals surface area contributed by atoms with E-state index in [0.717, 1.165) is 11.0 Å². The molecule has 188 valence electrons. The van der Waals surface area contributed by atoms with Crippen LogP contribution in [0.25, 0.3) is 11.1 Å². The third-order valence-electron chi connectivity index (χ3n) is 5.71. The topological polar surface area (TPSA) is 98.5 Å². The first kappa shape index (κ1) is 26.0. The van der Waals surface area contributed by atoms with E-state index in [0.29, 0.717) is 10.6 Å². The molecule has 1 atom stereocenters. The van der Waals surface area contributed by atoms with Gasteiger partial charge in [-0.25, -0.2) is 13.2 Å². The van der Waals surface area contributed by atoms with Gasteiger partial charge in [-0.15, -0.1) is 5.14 Å². The molecule has 4 rings (SSSR count). The number of alkyl halides is 2. The van der Waals surface area contributed by atoms with Crippen LogP contribution in [0.2, 0.25) is 5.02 Å². The number of nitrogens with two attached hydrogens (primary N) is 1. The van der Waals surface area contributed by atoms with Gasteiger partial charge >= 0.3 is 0 Å². The molecule has 1 heterocycles. The van der Waals surface area contributed by atoms with Crippen molar-refractivity contribution in [3.63, 3.8) is 0 Å². The standard InChI is InChI=1S/C25H21ClF3N3O3S/c26-21-4-2-1-3-15(21)12-23(33)31-18-9-17(10-19(13-18)36(30)35)20-11-16(5-6-22(20)27)24(34)32-8-7-25(28,29)14-32/h1-6,9-11,13H,7-8,12,14,30H2,(H,31,33). The Balaban J connectivity index is 1.63. The number of carbonyl (C=O) groups excluding carboxylic acids is 2. The number of hydrogen-bond donors (Lipinski definition) is 2. The number of halogens is 4. The summed E-state index contributed by atoms with van der Waals surface area (Å²) in [6.07, 6.45) is -0.474. The Morgan fingerprint density at radius 1 is 1.14 bits per heavy atom. The normalized spacial score (nSPS) is 15.6. The van der Waals surface area contributed by atoms with Gasteiger partial charge in [0.05, 0.1) is 24.3 Å². The number of benzene rings is 3. The first-order valence-corrected chi connectivity index (χ1v) is 12.4. The van der Waals surface area contributed by atoms with Gasteiger partial charge in [0.1, 0.15) is 5.82 Å². The minimum atomic E-state index is -2.96. The van der Waals surface area contributed by atoms with E-state index < -0.39 is 47.9 Å². The van der Waals surface area contributed by atoms with Crippen LogP contribution in [0, 0.1) is 5.82 Å². The Hall–Kier alpha value is -3.05. The van der Waals surface area contributed by atoms with E-state index in [-0.39, 0.29) is 40.2 Å². The number of hydrogen-bond acceptors (Lipinski definition) is 4. The van der Waals surface area contributed by atoms with Crippen molar-refractivity contribution in [1.82, 2.24) is 4.90 Å². The number of nitrogens with one attached hydrogen (secondary N) is 1. The maximum Gasteiger partial charge on any atom is 0.267 e. The third kappa shape index (κ3) is 6.01. The lowest BCUT2D eigenvalue weighted by molar-refractivity contribution is -0.115. The molecule has 1 saturated heterocycles. The molecule has 36 heavy (non-hydrogen) atoms. The molecule has 1 fully saturated rings. The minimum absolute atomic E-state index is 0.0210. The van der Waals surface area contributed by atoms with Crippen molar-refractivity contribution in [1.29, 1.82) is 0 Å². The van der Waals surface area contributed by atoms with Gasteiger partial charge in [-0.1, -0.05) is 29.8 Å². The highest BCUT2D eigenvalue weighted by Gasteiger charge is 2.40. The van der Waals surface area contributed by atoms with Gasteiger partial charge in [0, 0.05) is 46.9 Å². The van der Waals surface area contributed by atoms with Crippen molar-refractivity contribution in [3.05, 3.63) is 82.6 Å². The summed E-state index contributed by atoms with van der Waals surface area (Å²) < 4.78 is 54.0. The zero-order valence-corrected chi connectivity index (χ0v) is 20.3. The maximum atomic E-state index is 14.8. The summed E-state index contributed by atoms with van der Waals surface area (Å²) in [5.41, 5.74) is 0.973. The van der Waals surface area contributed by atoms with Crippen molar-refractivity contribution in [2.24, 2.45) is 5.14 Å². The van der Waals surface area contributed by atoms with Crippen molar-refractivity contribution >= 4 is 40.5 Å². The summed E-state index contributed by atoms with van der Waals surface area (Å²) >= 11 is 4.15. The number of nitrogens with zero attached hydrogens (tertiary/aromatic N) is 1. The average molecular weight is 536 g/mol. The number of likely N-dealkylation sites (tertiary alicyclic amines) is 1. The van der Waals surface area contributed by atoms with Crippen LogP contribution in [0.15, 0.2) is 65.6 Å². The van der Waals surface area contributed by atoms with Gasteiger partial charge in [-0.05, 0) is 41.5 Å². The molecule has 0 radical (unpaired) electrons. The largest absolute Gasteiger partial charge is 0.593 e. The molecule has 3 N–H and O–H groups in total. The molecule has 6 nitrogen and oxygen atoms in total. The molecular weight excluding hydrogens is 515 g/mol. The summed E-state index contributed by atoms with van der Waals surface area (Å²) in [5, 5.41) is 8.63. The van der Waals surface area contributed by atoms with Crippen molar-refractivity contribution < 1.29 is 27.3 Å². The molecule has 1 unspecified atom stereocenters. The van der Waals surface area contributed by atoms with Crippen LogP contribution in [0.3, 0.4) is 0 Å². The predicted molar refractivity (Wildman–Crippen MR) is 132 cm³/mol. The lowest BCUT2D eigenvalue weighted by atomic mass is 10.0. The molecule has 11 heteroatoms. The van der Waals surface area contributed by atoms with Crippen LogP contribution < -0.4 is 10.5 Å². The third-order valence-corrected chi connectivity index (χ3v) is 6.78. The van der Waals surface area contributed by atoms with Crippen LogP contribution in [0.1, 0.15) is 22.3 Å². The van der Waals surface area contributed by atoms with Crippen LogP contribution >= 0.6 is 11.6 Å². The summed E-state index contributed by atoms with van der Waals surface area (Å²) in [4.78, 5) is 26.5. The van der Waals surface area contributed by atoms with E-state index in [2.05, 4.69) is 5.32 Å². The monoisotopic (exact) mass is 535 g/mol. The molecular formula is C25H21ClF3N3O3S. The average Bonchev–Trinajstić information content (AvgIpc) is 3.19. The molecule has 0 spiro atoms. The van der Waals surface area contributed by atoms with Crippen molar-refractivity contribution in [2.45, 2.75) is 23.7 Å². The number of anilines is 1.